The van der Waals surface area contributed by atoms with Crippen LogP contribution in [0.15, 0.2) is 6.20 Å². The number of nitrogens with zero attached hydrogens (tertiary/aromatic N) is 2. The lowest BCUT2D eigenvalue weighted by Gasteiger charge is -2.39. The normalized spacial score (nSPS) is 20.5. The fraction of sp³-hybridized carbons (Fsp3) is 0.714. The number of methoxy groups -OCH3 is 1. The number of imidazole rings is 1. The number of aromatic nitrogens is 2. The standard InChI is InChI=1S/C14H21N3O2/c1-19-10-14(6-4-7-14)13(18)16-12-9-15-11-5-2-3-8-17(11)12/h9H,2-8,10H2,1H3,(H,16,18). The summed E-state index contributed by atoms with van der Waals surface area (Å²) < 4.78 is 7.36. The molecule has 0 saturated heterocycles. The maximum atomic E-state index is 12.5. The second-order valence-corrected chi connectivity index (χ2v) is 5.69. The largest absolute Gasteiger partial charge is 0.384 e. The second kappa shape index (κ2) is 4.96. The van der Waals surface area contributed by atoms with Crippen molar-refractivity contribution in [2.75, 3.05) is 19.0 Å². The predicted octanol–water partition coefficient (Wildman–Crippen LogP) is 1.97. The minimum atomic E-state index is -0.311. The van der Waals surface area contributed by atoms with E-state index < -0.39 is 0 Å². The summed E-state index contributed by atoms with van der Waals surface area (Å²) in [6.07, 6.45) is 8.12. The number of rotatable bonds is 4. The molecule has 1 aromatic heterocycles. The molecular weight excluding hydrogens is 242 g/mol. The zero-order valence-corrected chi connectivity index (χ0v) is 11.4. The number of aryl methyl sites for hydroxylation is 1. The maximum Gasteiger partial charge on any atom is 0.234 e. The van der Waals surface area contributed by atoms with Crippen molar-refractivity contribution in [2.24, 2.45) is 5.41 Å². The topological polar surface area (TPSA) is 56.1 Å². The van der Waals surface area contributed by atoms with Gasteiger partial charge in [0.1, 0.15) is 11.6 Å². The van der Waals surface area contributed by atoms with Crippen LogP contribution in [0.25, 0.3) is 0 Å². The van der Waals surface area contributed by atoms with Gasteiger partial charge in [0.2, 0.25) is 5.91 Å². The van der Waals surface area contributed by atoms with Crippen molar-refractivity contribution in [1.82, 2.24) is 9.55 Å². The maximum absolute atomic E-state index is 12.5. The minimum Gasteiger partial charge on any atom is -0.384 e. The first-order valence-electron chi connectivity index (χ1n) is 7.10. The van der Waals surface area contributed by atoms with Crippen molar-refractivity contribution in [2.45, 2.75) is 45.1 Å². The van der Waals surface area contributed by atoms with E-state index in [-0.39, 0.29) is 11.3 Å². The van der Waals surface area contributed by atoms with Gasteiger partial charge in [-0.25, -0.2) is 4.98 Å². The van der Waals surface area contributed by atoms with Gasteiger partial charge in [-0.05, 0) is 25.7 Å². The molecule has 1 amide bonds. The summed E-state index contributed by atoms with van der Waals surface area (Å²) in [4.78, 5) is 16.9. The Balaban J connectivity index is 1.74. The van der Waals surface area contributed by atoms with Crippen molar-refractivity contribution in [3.05, 3.63) is 12.0 Å². The van der Waals surface area contributed by atoms with Gasteiger partial charge in [-0.1, -0.05) is 6.42 Å². The van der Waals surface area contributed by atoms with Gasteiger partial charge in [0, 0.05) is 20.1 Å². The molecule has 1 aliphatic heterocycles. The molecule has 2 heterocycles. The van der Waals surface area contributed by atoms with Gasteiger partial charge < -0.3 is 14.6 Å². The third kappa shape index (κ3) is 2.16. The van der Waals surface area contributed by atoms with Crippen molar-refractivity contribution in [3.63, 3.8) is 0 Å². The molecule has 3 rings (SSSR count). The SMILES string of the molecule is COCC1(C(=O)Nc2cnc3n2CCCC3)CCC1. The molecule has 0 spiro atoms. The molecular formula is C14H21N3O2. The van der Waals surface area contributed by atoms with Gasteiger partial charge in [0.25, 0.3) is 0 Å². The van der Waals surface area contributed by atoms with E-state index in [1.807, 2.05) is 0 Å². The molecule has 104 valence electrons. The number of fused-ring (bicyclic) bond motifs is 1. The van der Waals surface area contributed by atoms with Crippen molar-refractivity contribution in [1.29, 1.82) is 0 Å². The number of anilines is 1. The Bertz CT molecular complexity index is 477. The molecule has 0 atom stereocenters. The van der Waals surface area contributed by atoms with Crippen LogP contribution in [0.1, 0.15) is 37.9 Å². The van der Waals surface area contributed by atoms with Gasteiger partial charge in [-0.15, -0.1) is 0 Å². The molecule has 0 aromatic carbocycles. The zero-order chi connectivity index (χ0) is 13.3. The predicted molar refractivity (Wildman–Crippen MR) is 72.0 cm³/mol. The number of nitrogens with one attached hydrogen (secondary N) is 1. The minimum absolute atomic E-state index is 0.0915. The molecule has 0 bridgehead atoms. The van der Waals surface area contributed by atoms with E-state index in [1.165, 1.54) is 6.42 Å². The molecule has 1 N–H and O–H groups in total. The smallest absolute Gasteiger partial charge is 0.234 e. The summed E-state index contributed by atoms with van der Waals surface area (Å²) in [6, 6.07) is 0. The van der Waals surface area contributed by atoms with Crippen LogP contribution in [-0.2, 0) is 22.5 Å². The van der Waals surface area contributed by atoms with Crippen molar-refractivity contribution in [3.8, 4) is 0 Å². The quantitative estimate of drug-likeness (QED) is 0.903. The van der Waals surface area contributed by atoms with E-state index in [0.29, 0.717) is 6.61 Å². The van der Waals surface area contributed by atoms with Crippen molar-refractivity contribution < 1.29 is 9.53 Å². The highest BCUT2D eigenvalue weighted by Crippen LogP contribution is 2.42. The Morgan fingerprint density at radius 3 is 3.00 bits per heavy atom. The number of carbonyl (C=O) groups excluding carboxylic acids is 1. The third-order valence-electron chi connectivity index (χ3n) is 4.42. The molecule has 1 aliphatic carbocycles. The number of ether oxygens (including phenoxy) is 1. The lowest BCUT2D eigenvalue weighted by molar-refractivity contribution is -0.134. The molecule has 1 fully saturated rings. The zero-order valence-electron chi connectivity index (χ0n) is 11.4. The number of hydrogen-bond donors (Lipinski definition) is 1. The first-order chi connectivity index (χ1) is 9.25. The Hall–Kier alpha value is -1.36. The fourth-order valence-corrected chi connectivity index (χ4v) is 3.08. The molecule has 0 unspecified atom stereocenters. The van der Waals surface area contributed by atoms with Gasteiger partial charge in [-0.2, -0.15) is 0 Å². The summed E-state index contributed by atoms with van der Waals surface area (Å²) in [6.45, 7) is 1.47. The van der Waals surface area contributed by atoms with Crippen LogP contribution in [0.5, 0.6) is 0 Å². The average Bonchev–Trinajstić information content (AvgIpc) is 2.77. The van der Waals surface area contributed by atoms with Crippen LogP contribution in [0.2, 0.25) is 0 Å². The second-order valence-electron chi connectivity index (χ2n) is 5.69. The number of carbonyl (C=O) groups is 1. The summed E-state index contributed by atoms with van der Waals surface area (Å²) in [5.74, 6) is 2.03. The first kappa shape index (κ1) is 12.7. The number of hydrogen-bond acceptors (Lipinski definition) is 3. The van der Waals surface area contributed by atoms with E-state index >= 15 is 0 Å². The first-order valence-corrected chi connectivity index (χ1v) is 7.10. The van der Waals surface area contributed by atoms with Crippen LogP contribution in [-0.4, -0.2) is 29.2 Å². The highest BCUT2D eigenvalue weighted by atomic mass is 16.5. The summed E-state index contributed by atoms with van der Waals surface area (Å²) in [5.41, 5.74) is -0.311. The molecule has 0 radical (unpaired) electrons. The van der Waals surface area contributed by atoms with Crippen molar-refractivity contribution >= 4 is 11.7 Å². The monoisotopic (exact) mass is 263 g/mol. The fourth-order valence-electron chi connectivity index (χ4n) is 3.08. The Morgan fingerprint density at radius 1 is 1.47 bits per heavy atom. The lowest BCUT2D eigenvalue weighted by atomic mass is 9.68. The van der Waals surface area contributed by atoms with Crippen LogP contribution in [0.3, 0.4) is 0 Å². The van der Waals surface area contributed by atoms with E-state index in [2.05, 4.69) is 14.9 Å². The van der Waals surface area contributed by atoms with E-state index in [1.54, 1.807) is 13.3 Å². The van der Waals surface area contributed by atoms with E-state index in [9.17, 15) is 4.79 Å². The summed E-state index contributed by atoms with van der Waals surface area (Å²) in [7, 11) is 1.66. The average molecular weight is 263 g/mol. The van der Waals surface area contributed by atoms with Gasteiger partial charge in [-0.3, -0.25) is 4.79 Å². The summed E-state index contributed by atoms with van der Waals surface area (Å²) >= 11 is 0. The molecule has 1 aromatic rings. The Kier molecular flexibility index (Phi) is 3.31. The van der Waals surface area contributed by atoms with E-state index in [0.717, 1.165) is 50.3 Å². The van der Waals surface area contributed by atoms with Gasteiger partial charge in [0.15, 0.2) is 0 Å². The molecule has 5 nitrogen and oxygen atoms in total. The van der Waals surface area contributed by atoms with Crippen LogP contribution < -0.4 is 5.32 Å². The third-order valence-corrected chi connectivity index (χ3v) is 4.42. The number of amides is 1. The molecule has 19 heavy (non-hydrogen) atoms. The molecule has 5 heteroatoms. The van der Waals surface area contributed by atoms with E-state index in [4.69, 9.17) is 4.74 Å². The summed E-state index contributed by atoms with van der Waals surface area (Å²) in [5, 5.41) is 3.06. The van der Waals surface area contributed by atoms with Gasteiger partial charge >= 0.3 is 0 Å². The van der Waals surface area contributed by atoms with Gasteiger partial charge in [0.05, 0.1) is 18.2 Å². The Labute approximate surface area is 113 Å². The molecule has 1 saturated carbocycles. The van der Waals surface area contributed by atoms with Crippen LogP contribution >= 0.6 is 0 Å². The highest BCUT2D eigenvalue weighted by Gasteiger charge is 2.44. The van der Waals surface area contributed by atoms with Crippen LogP contribution in [0.4, 0.5) is 5.82 Å². The highest BCUT2D eigenvalue weighted by molar-refractivity contribution is 5.95. The lowest BCUT2D eigenvalue weighted by Crippen LogP contribution is -2.45. The van der Waals surface area contributed by atoms with Crippen LogP contribution in [0, 0.1) is 5.41 Å². The molecule has 2 aliphatic rings. The Morgan fingerprint density at radius 2 is 2.32 bits per heavy atom.